The van der Waals surface area contributed by atoms with Crippen molar-refractivity contribution in [3.05, 3.63) is 35.9 Å². The summed E-state index contributed by atoms with van der Waals surface area (Å²) in [5.41, 5.74) is -0.953. The van der Waals surface area contributed by atoms with E-state index in [9.17, 15) is 19.5 Å². The van der Waals surface area contributed by atoms with Crippen molar-refractivity contribution < 1.29 is 29.4 Å². The van der Waals surface area contributed by atoms with Crippen molar-refractivity contribution in [2.24, 2.45) is 11.3 Å². The fourth-order valence-corrected chi connectivity index (χ4v) is 2.46. The molecule has 0 bridgehead atoms. The van der Waals surface area contributed by atoms with Crippen LogP contribution in [0.5, 0.6) is 0 Å². The van der Waals surface area contributed by atoms with Crippen molar-refractivity contribution in [2.45, 2.75) is 39.5 Å². The standard InChI is InChI=1S/C19H29N3O6/c1-18(2,3)19(26,17(25)20-4)21-15(23)14(16(24)22-27)10-11-28-12-13-8-6-5-7-9-13/h5-9,14,26-27H,10-12H2,1-4H3,(H,20,25)(H,21,23)(H,22,24)/t14-,19+/m0/s1. The molecular formula is C19H29N3O6. The van der Waals surface area contributed by atoms with Crippen LogP contribution in [0, 0.1) is 11.3 Å². The molecule has 0 fully saturated rings. The molecule has 0 saturated heterocycles. The van der Waals surface area contributed by atoms with Gasteiger partial charge >= 0.3 is 0 Å². The number of rotatable bonds is 9. The minimum Gasteiger partial charge on any atom is -0.377 e. The van der Waals surface area contributed by atoms with Gasteiger partial charge in [0.05, 0.1) is 6.61 Å². The maximum atomic E-state index is 12.6. The predicted octanol–water partition coefficient (Wildman–Crippen LogP) is 0.312. The van der Waals surface area contributed by atoms with Gasteiger partial charge < -0.3 is 20.5 Å². The van der Waals surface area contributed by atoms with Crippen LogP contribution in [-0.2, 0) is 25.7 Å². The normalized spacial score (nSPS) is 14.5. The molecule has 0 aliphatic heterocycles. The SMILES string of the molecule is CNC(=O)[C@](O)(NC(=O)[C@H](CCOCc1ccccc1)C(=O)NO)C(C)(C)C. The first kappa shape index (κ1) is 23.5. The van der Waals surface area contributed by atoms with E-state index in [-0.39, 0.29) is 13.0 Å². The van der Waals surface area contributed by atoms with Crippen molar-refractivity contribution in [1.29, 1.82) is 0 Å². The van der Waals surface area contributed by atoms with Crippen molar-refractivity contribution in [2.75, 3.05) is 13.7 Å². The number of benzene rings is 1. The second-order valence-corrected chi connectivity index (χ2v) is 7.38. The van der Waals surface area contributed by atoms with Gasteiger partial charge in [0.2, 0.25) is 11.6 Å². The van der Waals surface area contributed by atoms with Crippen LogP contribution in [0.3, 0.4) is 0 Å². The van der Waals surface area contributed by atoms with E-state index in [1.807, 2.05) is 30.3 Å². The van der Waals surface area contributed by atoms with Gasteiger partial charge in [-0.2, -0.15) is 0 Å². The van der Waals surface area contributed by atoms with Crippen LogP contribution in [0.15, 0.2) is 30.3 Å². The highest BCUT2D eigenvalue weighted by atomic mass is 16.5. The summed E-state index contributed by atoms with van der Waals surface area (Å²) in [6.45, 7) is 5.03. The van der Waals surface area contributed by atoms with E-state index in [0.29, 0.717) is 6.61 Å². The Hall–Kier alpha value is -2.49. The van der Waals surface area contributed by atoms with Gasteiger partial charge in [-0.15, -0.1) is 0 Å². The van der Waals surface area contributed by atoms with Gasteiger partial charge in [-0.05, 0) is 12.0 Å². The Labute approximate surface area is 164 Å². The van der Waals surface area contributed by atoms with Gasteiger partial charge in [-0.3, -0.25) is 19.6 Å². The number of carbonyl (C=O) groups excluding carboxylic acids is 3. The Morgan fingerprint density at radius 2 is 1.71 bits per heavy atom. The fraction of sp³-hybridized carbons (Fsp3) is 0.526. The third-order valence-electron chi connectivity index (χ3n) is 4.35. The predicted molar refractivity (Wildman–Crippen MR) is 101 cm³/mol. The molecule has 5 N–H and O–H groups in total. The summed E-state index contributed by atoms with van der Waals surface area (Å²) < 4.78 is 5.48. The average molecular weight is 395 g/mol. The second kappa shape index (κ2) is 10.2. The lowest BCUT2D eigenvalue weighted by Gasteiger charge is -2.39. The third-order valence-corrected chi connectivity index (χ3v) is 4.35. The summed E-state index contributed by atoms with van der Waals surface area (Å²) in [5, 5.41) is 24.2. The highest BCUT2D eigenvalue weighted by Gasteiger charge is 2.49. The summed E-state index contributed by atoms with van der Waals surface area (Å²) >= 11 is 0. The van der Waals surface area contributed by atoms with E-state index in [1.165, 1.54) is 12.5 Å². The van der Waals surface area contributed by atoms with E-state index < -0.39 is 34.8 Å². The topological polar surface area (TPSA) is 137 Å². The molecule has 1 rings (SSSR count). The highest BCUT2D eigenvalue weighted by molar-refractivity contribution is 6.02. The number of nitrogens with one attached hydrogen (secondary N) is 3. The molecule has 0 spiro atoms. The maximum absolute atomic E-state index is 12.6. The number of hydroxylamine groups is 1. The number of hydrogen-bond acceptors (Lipinski definition) is 6. The van der Waals surface area contributed by atoms with Crippen LogP contribution < -0.4 is 16.1 Å². The van der Waals surface area contributed by atoms with Crippen LogP contribution in [0.1, 0.15) is 32.8 Å². The maximum Gasteiger partial charge on any atom is 0.273 e. The van der Waals surface area contributed by atoms with Crippen molar-refractivity contribution in [3.63, 3.8) is 0 Å². The summed E-state index contributed by atoms with van der Waals surface area (Å²) in [4.78, 5) is 36.7. The van der Waals surface area contributed by atoms with E-state index in [0.717, 1.165) is 5.56 Å². The van der Waals surface area contributed by atoms with E-state index >= 15 is 0 Å². The number of ether oxygens (including phenoxy) is 1. The lowest BCUT2D eigenvalue weighted by molar-refractivity contribution is -0.166. The zero-order valence-corrected chi connectivity index (χ0v) is 16.6. The quantitative estimate of drug-likeness (QED) is 0.134. The van der Waals surface area contributed by atoms with Gasteiger partial charge in [0.25, 0.3) is 11.8 Å². The van der Waals surface area contributed by atoms with Gasteiger partial charge in [-0.25, -0.2) is 5.48 Å². The first-order valence-electron chi connectivity index (χ1n) is 8.89. The Morgan fingerprint density at radius 1 is 1.11 bits per heavy atom. The molecule has 1 aromatic carbocycles. The molecule has 0 unspecified atom stereocenters. The molecular weight excluding hydrogens is 366 g/mol. The molecule has 0 aliphatic rings. The number of likely N-dealkylation sites (N-methyl/N-ethyl adjacent to an activating group) is 1. The van der Waals surface area contributed by atoms with Gasteiger partial charge in [0.1, 0.15) is 5.92 Å². The average Bonchev–Trinajstić information content (AvgIpc) is 2.66. The summed E-state index contributed by atoms with van der Waals surface area (Å²) in [7, 11) is 1.32. The summed E-state index contributed by atoms with van der Waals surface area (Å²) in [5.74, 6) is -4.05. The highest BCUT2D eigenvalue weighted by Crippen LogP contribution is 2.29. The molecule has 2 atom stereocenters. The van der Waals surface area contributed by atoms with Gasteiger partial charge in [-0.1, -0.05) is 51.1 Å². The molecule has 0 aromatic heterocycles. The minimum atomic E-state index is -2.25. The molecule has 0 radical (unpaired) electrons. The zero-order chi connectivity index (χ0) is 21.4. The Kier molecular flexibility index (Phi) is 8.55. The van der Waals surface area contributed by atoms with Crippen LogP contribution in [0.4, 0.5) is 0 Å². The van der Waals surface area contributed by atoms with Crippen LogP contribution in [-0.4, -0.2) is 47.4 Å². The van der Waals surface area contributed by atoms with E-state index in [2.05, 4.69) is 10.6 Å². The zero-order valence-electron chi connectivity index (χ0n) is 16.6. The lowest BCUT2D eigenvalue weighted by atomic mass is 9.81. The second-order valence-electron chi connectivity index (χ2n) is 7.38. The molecule has 3 amide bonds. The minimum absolute atomic E-state index is 0.0499. The molecule has 28 heavy (non-hydrogen) atoms. The third kappa shape index (κ3) is 6.01. The number of aliphatic hydroxyl groups is 1. The Morgan fingerprint density at radius 3 is 2.21 bits per heavy atom. The molecule has 1 aromatic rings. The van der Waals surface area contributed by atoms with Crippen LogP contribution >= 0.6 is 0 Å². The van der Waals surface area contributed by atoms with Gasteiger partial charge in [0, 0.05) is 19.1 Å². The number of hydrogen-bond donors (Lipinski definition) is 5. The monoisotopic (exact) mass is 395 g/mol. The Bertz CT molecular complexity index is 674. The molecule has 0 heterocycles. The first-order valence-corrected chi connectivity index (χ1v) is 8.89. The molecule has 9 nitrogen and oxygen atoms in total. The number of amides is 3. The fourth-order valence-electron chi connectivity index (χ4n) is 2.46. The lowest BCUT2D eigenvalue weighted by Crippen LogP contribution is -2.66. The van der Waals surface area contributed by atoms with Crippen LogP contribution in [0.25, 0.3) is 0 Å². The van der Waals surface area contributed by atoms with Crippen LogP contribution in [0.2, 0.25) is 0 Å². The van der Waals surface area contributed by atoms with Crippen molar-refractivity contribution >= 4 is 17.7 Å². The largest absolute Gasteiger partial charge is 0.377 e. The first-order chi connectivity index (χ1) is 13.1. The van der Waals surface area contributed by atoms with Crippen molar-refractivity contribution in [3.8, 4) is 0 Å². The van der Waals surface area contributed by atoms with E-state index in [4.69, 9.17) is 9.94 Å². The molecule has 0 saturated carbocycles. The van der Waals surface area contributed by atoms with E-state index in [1.54, 1.807) is 20.8 Å². The smallest absolute Gasteiger partial charge is 0.273 e. The molecule has 156 valence electrons. The summed E-state index contributed by atoms with van der Waals surface area (Å²) in [6, 6.07) is 9.34. The molecule has 9 heteroatoms. The number of carbonyl (C=O) groups is 3. The van der Waals surface area contributed by atoms with Crippen molar-refractivity contribution in [1.82, 2.24) is 16.1 Å². The molecule has 0 aliphatic carbocycles. The Balaban J connectivity index is 2.81. The van der Waals surface area contributed by atoms with Gasteiger partial charge in [0.15, 0.2) is 0 Å². The summed E-state index contributed by atoms with van der Waals surface area (Å²) in [6.07, 6.45) is -0.0565.